The van der Waals surface area contributed by atoms with Crippen molar-refractivity contribution in [2.75, 3.05) is 0 Å². The molecule has 0 spiro atoms. The first-order valence-electron chi connectivity index (χ1n) is 8.42. The second-order valence-electron chi connectivity index (χ2n) is 7.06. The highest BCUT2D eigenvalue weighted by molar-refractivity contribution is 5.79. The maximum Gasteiger partial charge on any atom is 0.223 e. The van der Waals surface area contributed by atoms with Crippen LogP contribution in [0.25, 0.3) is 0 Å². The SMILES string of the molecule is CCC(C(C)C)[C@H]1CC[C@@H](NC(=O)C2CCC2)CC1. The Labute approximate surface area is 118 Å². The molecule has 0 saturated heterocycles. The molecule has 2 fully saturated rings. The average Bonchev–Trinajstić information content (AvgIpc) is 2.29. The van der Waals surface area contributed by atoms with E-state index in [-0.39, 0.29) is 0 Å². The van der Waals surface area contributed by atoms with Gasteiger partial charge in [0.2, 0.25) is 5.91 Å². The van der Waals surface area contributed by atoms with Crippen molar-refractivity contribution in [2.45, 2.75) is 78.2 Å². The first-order valence-corrected chi connectivity index (χ1v) is 8.42. The molecule has 0 aromatic heterocycles. The molecule has 19 heavy (non-hydrogen) atoms. The Morgan fingerprint density at radius 3 is 2.16 bits per heavy atom. The molecule has 110 valence electrons. The van der Waals surface area contributed by atoms with Crippen LogP contribution in [0.3, 0.4) is 0 Å². The lowest BCUT2D eigenvalue weighted by Crippen LogP contribution is -2.43. The Balaban J connectivity index is 1.73. The van der Waals surface area contributed by atoms with E-state index in [4.69, 9.17) is 0 Å². The van der Waals surface area contributed by atoms with Crippen LogP contribution in [-0.2, 0) is 4.79 Å². The van der Waals surface area contributed by atoms with Crippen LogP contribution in [0.15, 0.2) is 0 Å². The van der Waals surface area contributed by atoms with Crippen LogP contribution < -0.4 is 5.32 Å². The summed E-state index contributed by atoms with van der Waals surface area (Å²) in [4.78, 5) is 12.0. The van der Waals surface area contributed by atoms with E-state index in [9.17, 15) is 4.79 Å². The van der Waals surface area contributed by atoms with Gasteiger partial charge in [-0.05, 0) is 56.3 Å². The summed E-state index contributed by atoms with van der Waals surface area (Å²) < 4.78 is 0. The minimum atomic E-state index is 0.339. The third-order valence-electron chi connectivity index (χ3n) is 5.53. The Bertz CT molecular complexity index is 288. The fraction of sp³-hybridized carbons (Fsp3) is 0.941. The van der Waals surface area contributed by atoms with Gasteiger partial charge in [-0.15, -0.1) is 0 Å². The molecule has 0 aromatic carbocycles. The molecule has 2 aliphatic rings. The van der Waals surface area contributed by atoms with E-state index in [1.165, 1.54) is 38.5 Å². The van der Waals surface area contributed by atoms with Crippen molar-refractivity contribution < 1.29 is 4.79 Å². The molecular formula is C17H31NO. The lowest BCUT2D eigenvalue weighted by Gasteiger charge is -2.36. The molecule has 2 heteroatoms. The zero-order chi connectivity index (χ0) is 13.8. The summed E-state index contributed by atoms with van der Waals surface area (Å²) in [6.07, 6.45) is 9.81. The number of amides is 1. The van der Waals surface area contributed by atoms with Crippen LogP contribution in [0.1, 0.15) is 72.1 Å². The summed E-state index contributed by atoms with van der Waals surface area (Å²) in [7, 11) is 0. The number of carbonyl (C=O) groups excluding carboxylic acids is 1. The first kappa shape index (κ1) is 14.9. The van der Waals surface area contributed by atoms with Crippen LogP contribution in [0.4, 0.5) is 0 Å². The van der Waals surface area contributed by atoms with Gasteiger partial charge in [0.1, 0.15) is 0 Å². The molecule has 0 aromatic rings. The van der Waals surface area contributed by atoms with Crippen LogP contribution in [0, 0.1) is 23.7 Å². The molecule has 0 bridgehead atoms. The van der Waals surface area contributed by atoms with Crippen molar-refractivity contribution >= 4 is 5.91 Å². The Morgan fingerprint density at radius 1 is 1.11 bits per heavy atom. The fourth-order valence-corrected chi connectivity index (χ4v) is 4.03. The highest BCUT2D eigenvalue weighted by Crippen LogP contribution is 2.36. The summed E-state index contributed by atoms with van der Waals surface area (Å²) >= 11 is 0. The smallest absolute Gasteiger partial charge is 0.223 e. The Hall–Kier alpha value is -0.530. The van der Waals surface area contributed by atoms with Crippen molar-refractivity contribution in [1.82, 2.24) is 5.32 Å². The van der Waals surface area contributed by atoms with Gasteiger partial charge in [0, 0.05) is 12.0 Å². The van der Waals surface area contributed by atoms with Gasteiger partial charge >= 0.3 is 0 Å². The molecule has 2 rings (SSSR count). The molecular weight excluding hydrogens is 234 g/mol. The largest absolute Gasteiger partial charge is 0.353 e. The van der Waals surface area contributed by atoms with Gasteiger partial charge in [-0.2, -0.15) is 0 Å². The molecule has 2 nitrogen and oxygen atoms in total. The number of carbonyl (C=O) groups is 1. The van der Waals surface area contributed by atoms with E-state index in [2.05, 4.69) is 26.1 Å². The van der Waals surface area contributed by atoms with Gasteiger partial charge in [-0.1, -0.05) is 33.6 Å². The van der Waals surface area contributed by atoms with Crippen molar-refractivity contribution in [2.24, 2.45) is 23.7 Å². The average molecular weight is 265 g/mol. The van der Waals surface area contributed by atoms with Gasteiger partial charge in [0.25, 0.3) is 0 Å². The molecule has 1 N–H and O–H groups in total. The van der Waals surface area contributed by atoms with E-state index in [1.54, 1.807) is 0 Å². The standard InChI is InChI=1S/C17H31NO/c1-4-16(12(2)3)13-8-10-15(11-9-13)18-17(19)14-6-5-7-14/h12-16H,4-11H2,1-3H3,(H,18,19)/t13-,15+,16?. The van der Waals surface area contributed by atoms with Gasteiger partial charge < -0.3 is 5.32 Å². The van der Waals surface area contributed by atoms with E-state index in [1.807, 2.05) is 0 Å². The summed E-state index contributed by atoms with van der Waals surface area (Å²) in [6, 6.07) is 0.467. The maximum atomic E-state index is 12.0. The second kappa shape index (κ2) is 6.76. The number of hydrogen-bond acceptors (Lipinski definition) is 1. The minimum Gasteiger partial charge on any atom is -0.353 e. The molecule has 1 atom stereocenters. The summed E-state index contributed by atoms with van der Waals surface area (Å²) in [5.74, 6) is 3.25. The number of hydrogen-bond donors (Lipinski definition) is 1. The lowest BCUT2D eigenvalue weighted by molar-refractivity contribution is -0.128. The Morgan fingerprint density at radius 2 is 1.74 bits per heavy atom. The third-order valence-corrected chi connectivity index (χ3v) is 5.53. The highest BCUT2D eigenvalue weighted by atomic mass is 16.2. The Kier molecular flexibility index (Phi) is 5.29. The zero-order valence-corrected chi connectivity index (χ0v) is 13.0. The highest BCUT2D eigenvalue weighted by Gasteiger charge is 2.31. The third kappa shape index (κ3) is 3.73. The maximum absolute atomic E-state index is 12.0. The molecule has 2 aliphatic carbocycles. The van der Waals surface area contributed by atoms with Crippen molar-refractivity contribution in [3.63, 3.8) is 0 Å². The number of nitrogens with one attached hydrogen (secondary N) is 1. The van der Waals surface area contributed by atoms with Gasteiger partial charge in [0.15, 0.2) is 0 Å². The summed E-state index contributed by atoms with van der Waals surface area (Å²) in [5.41, 5.74) is 0. The van der Waals surface area contributed by atoms with Crippen molar-refractivity contribution in [1.29, 1.82) is 0 Å². The van der Waals surface area contributed by atoms with Crippen molar-refractivity contribution in [3.05, 3.63) is 0 Å². The first-order chi connectivity index (χ1) is 9.11. The monoisotopic (exact) mass is 265 g/mol. The van der Waals surface area contributed by atoms with Crippen LogP contribution in [0.2, 0.25) is 0 Å². The lowest BCUT2D eigenvalue weighted by atomic mass is 9.72. The second-order valence-corrected chi connectivity index (χ2v) is 7.06. The summed E-state index contributed by atoms with van der Waals surface area (Å²) in [5, 5.41) is 3.29. The molecule has 0 radical (unpaired) electrons. The molecule has 1 amide bonds. The molecule has 0 aliphatic heterocycles. The van der Waals surface area contributed by atoms with Crippen molar-refractivity contribution in [3.8, 4) is 0 Å². The number of rotatable bonds is 5. The predicted octanol–water partition coefficient (Wildman–Crippen LogP) is 4.14. The minimum absolute atomic E-state index is 0.339. The predicted molar refractivity (Wildman–Crippen MR) is 79.8 cm³/mol. The van der Waals surface area contributed by atoms with Crippen LogP contribution >= 0.6 is 0 Å². The molecule has 1 unspecified atom stereocenters. The van der Waals surface area contributed by atoms with Crippen LogP contribution in [0.5, 0.6) is 0 Å². The van der Waals surface area contributed by atoms with E-state index >= 15 is 0 Å². The van der Waals surface area contributed by atoms with Crippen LogP contribution in [-0.4, -0.2) is 11.9 Å². The normalized spacial score (nSPS) is 29.9. The fourth-order valence-electron chi connectivity index (χ4n) is 4.03. The zero-order valence-electron chi connectivity index (χ0n) is 13.0. The van der Waals surface area contributed by atoms with E-state index in [0.717, 1.165) is 30.6 Å². The van der Waals surface area contributed by atoms with Gasteiger partial charge in [0.05, 0.1) is 0 Å². The molecule has 2 saturated carbocycles. The summed E-state index contributed by atoms with van der Waals surface area (Å²) in [6.45, 7) is 7.05. The molecule has 0 heterocycles. The quantitative estimate of drug-likeness (QED) is 0.795. The van der Waals surface area contributed by atoms with Gasteiger partial charge in [-0.25, -0.2) is 0 Å². The van der Waals surface area contributed by atoms with Gasteiger partial charge in [-0.3, -0.25) is 4.79 Å². The topological polar surface area (TPSA) is 29.1 Å². The van der Waals surface area contributed by atoms with E-state index < -0.39 is 0 Å². The van der Waals surface area contributed by atoms with E-state index in [0.29, 0.717) is 17.9 Å².